The summed E-state index contributed by atoms with van der Waals surface area (Å²) < 4.78 is 1.71. The molecular weight excluding hydrogens is 262 g/mol. The van der Waals surface area contributed by atoms with E-state index in [1.54, 1.807) is 17.0 Å². The minimum absolute atomic E-state index is 0.0589. The Morgan fingerprint density at radius 3 is 2.58 bits per heavy atom. The smallest absolute Gasteiger partial charge is 0.293 e. The summed E-state index contributed by atoms with van der Waals surface area (Å²) in [5, 5.41) is 3.23. The molecule has 4 nitrogen and oxygen atoms in total. The van der Waals surface area contributed by atoms with Crippen LogP contribution in [0.4, 0.5) is 5.82 Å². The third-order valence-corrected chi connectivity index (χ3v) is 3.24. The largest absolute Gasteiger partial charge is 0.362 e. The summed E-state index contributed by atoms with van der Waals surface area (Å²) in [6.07, 6.45) is 4.23. The number of nitrogens with zero attached hydrogens (tertiary/aromatic N) is 2. The molecule has 0 saturated carbocycles. The van der Waals surface area contributed by atoms with E-state index in [1.165, 1.54) is 0 Å². The van der Waals surface area contributed by atoms with Gasteiger partial charge in [-0.1, -0.05) is 27.7 Å². The molecule has 0 aliphatic heterocycles. The van der Waals surface area contributed by atoms with Gasteiger partial charge in [0.1, 0.15) is 0 Å². The van der Waals surface area contributed by atoms with Crippen molar-refractivity contribution in [3.8, 4) is 0 Å². The van der Waals surface area contributed by atoms with Crippen LogP contribution in [0.15, 0.2) is 17.2 Å². The number of hydrogen-bond donors (Lipinski definition) is 1. The molecule has 1 heterocycles. The van der Waals surface area contributed by atoms with E-state index in [0.717, 1.165) is 6.42 Å². The zero-order valence-corrected chi connectivity index (χ0v) is 12.9. The molecule has 1 unspecified atom stereocenters. The van der Waals surface area contributed by atoms with Crippen LogP contribution in [0.25, 0.3) is 0 Å². The lowest BCUT2D eigenvalue weighted by molar-refractivity contribution is 0.498. The van der Waals surface area contributed by atoms with E-state index in [9.17, 15) is 4.79 Å². The Morgan fingerprint density at radius 2 is 2.05 bits per heavy atom. The molecule has 0 radical (unpaired) electrons. The molecule has 1 rings (SSSR count). The van der Waals surface area contributed by atoms with Crippen molar-refractivity contribution in [1.29, 1.82) is 0 Å². The van der Waals surface area contributed by atoms with Gasteiger partial charge in [0.15, 0.2) is 5.82 Å². The van der Waals surface area contributed by atoms with Gasteiger partial charge in [0.05, 0.1) is 0 Å². The average molecular weight is 286 g/mol. The molecule has 19 heavy (non-hydrogen) atoms. The maximum Gasteiger partial charge on any atom is 0.293 e. The summed E-state index contributed by atoms with van der Waals surface area (Å²) in [6.45, 7) is 9.10. The summed E-state index contributed by atoms with van der Waals surface area (Å²) in [5.74, 6) is 1.82. The van der Waals surface area contributed by atoms with Gasteiger partial charge < -0.3 is 9.88 Å². The summed E-state index contributed by atoms with van der Waals surface area (Å²) >= 11 is 5.80. The first-order valence-electron chi connectivity index (χ1n) is 6.83. The molecule has 0 spiro atoms. The topological polar surface area (TPSA) is 46.9 Å². The van der Waals surface area contributed by atoms with Crippen molar-refractivity contribution in [3.63, 3.8) is 0 Å². The van der Waals surface area contributed by atoms with Crippen LogP contribution < -0.4 is 10.9 Å². The zero-order valence-electron chi connectivity index (χ0n) is 12.2. The molecule has 0 saturated heterocycles. The SMILES string of the molecule is CC(C)Cn1ccnc(NC(CCCl)C(C)C)c1=O. The number of nitrogens with one attached hydrogen (secondary N) is 1. The van der Waals surface area contributed by atoms with E-state index in [1.807, 2.05) is 0 Å². The summed E-state index contributed by atoms with van der Waals surface area (Å²) in [6, 6.07) is 0.174. The van der Waals surface area contributed by atoms with E-state index in [2.05, 4.69) is 38.0 Å². The number of aromatic nitrogens is 2. The van der Waals surface area contributed by atoms with Crippen LogP contribution in [0, 0.1) is 11.8 Å². The fraction of sp³-hybridized carbons (Fsp3) is 0.714. The van der Waals surface area contributed by atoms with Crippen LogP contribution in [0.5, 0.6) is 0 Å². The van der Waals surface area contributed by atoms with Gasteiger partial charge in [-0.25, -0.2) is 4.98 Å². The number of halogens is 1. The molecule has 0 fully saturated rings. The highest BCUT2D eigenvalue weighted by Gasteiger charge is 2.15. The highest BCUT2D eigenvalue weighted by Crippen LogP contribution is 2.11. The zero-order chi connectivity index (χ0) is 14.4. The lowest BCUT2D eigenvalue weighted by Gasteiger charge is -2.22. The molecule has 0 aliphatic rings. The summed E-state index contributed by atoms with van der Waals surface area (Å²) in [4.78, 5) is 16.4. The molecule has 1 aromatic heterocycles. The highest BCUT2D eigenvalue weighted by atomic mass is 35.5. The second kappa shape index (κ2) is 7.53. The minimum Gasteiger partial charge on any atom is -0.362 e. The first-order chi connectivity index (χ1) is 8.95. The number of anilines is 1. The van der Waals surface area contributed by atoms with Crippen LogP contribution in [-0.4, -0.2) is 21.5 Å². The molecular formula is C14H24ClN3O. The van der Waals surface area contributed by atoms with E-state index >= 15 is 0 Å². The van der Waals surface area contributed by atoms with Crippen LogP contribution in [0.3, 0.4) is 0 Å². The average Bonchev–Trinajstić information content (AvgIpc) is 2.32. The standard InChI is InChI=1S/C14H24ClN3O/c1-10(2)9-18-8-7-16-13(14(18)19)17-12(5-6-15)11(3)4/h7-8,10-12H,5-6,9H2,1-4H3,(H,16,17). The molecule has 1 aromatic rings. The molecule has 0 aromatic carbocycles. The predicted octanol–water partition coefficient (Wildman–Crippen LogP) is 2.96. The number of rotatable bonds is 7. The molecule has 0 aliphatic carbocycles. The van der Waals surface area contributed by atoms with Crippen molar-refractivity contribution in [2.24, 2.45) is 11.8 Å². The van der Waals surface area contributed by atoms with Crippen molar-refractivity contribution < 1.29 is 0 Å². The van der Waals surface area contributed by atoms with Gasteiger partial charge in [0.25, 0.3) is 5.56 Å². The number of alkyl halides is 1. The van der Waals surface area contributed by atoms with Gasteiger partial charge in [0.2, 0.25) is 0 Å². The molecule has 1 atom stereocenters. The normalized spacial score (nSPS) is 13.0. The van der Waals surface area contributed by atoms with E-state index in [4.69, 9.17) is 11.6 Å². The third-order valence-electron chi connectivity index (χ3n) is 3.02. The lowest BCUT2D eigenvalue weighted by Crippen LogP contribution is -2.33. The van der Waals surface area contributed by atoms with Gasteiger partial charge in [-0.15, -0.1) is 11.6 Å². The number of hydrogen-bond acceptors (Lipinski definition) is 3. The summed E-state index contributed by atoms with van der Waals surface area (Å²) in [5.41, 5.74) is -0.0589. The molecule has 108 valence electrons. The first kappa shape index (κ1) is 16.0. The maximum absolute atomic E-state index is 12.3. The Balaban J connectivity index is 2.91. The van der Waals surface area contributed by atoms with Crippen molar-refractivity contribution in [1.82, 2.24) is 9.55 Å². The quantitative estimate of drug-likeness (QED) is 0.784. The predicted molar refractivity (Wildman–Crippen MR) is 80.9 cm³/mol. The fourth-order valence-electron chi connectivity index (χ4n) is 1.95. The Kier molecular flexibility index (Phi) is 6.35. The van der Waals surface area contributed by atoms with Gasteiger partial charge in [-0.2, -0.15) is 0 Å². The van der Waals surface area contributed by atoms with E-state index < -0.39 is 0 Å². The van der Waals surface area contributed by atoms with Crippen molar-refractivity contribution in [2.75, 3.05) is 11.2 Å². The summed E-state index contributed by atoms with van der Waals surface area (Å²) in [7, 11) is 0. The first-order valence-corrected chi connectivity index (χ1v) is 7.37. The van der Waals surface area contributed by atoms with Crippen LogP contribution >= 0.6 is 11.6 Å². The van der Waals surface area contributed by atoms with Crippen LogP contribution in [0.1, 0.15) is 34.1 Å². The Bertz CT molecular complexity index is 443. The molecule has 0 bridgehead atoms. The van der Waals surface area contributed by atoms with Crippen molar-refractivity contribution >= 4 is 17.4 Å². The second-order valence-electron chi connectivity index (χ2n) is 5.60. The second-order valence-corrected chi connectivity index (χ2v) is 5.98. The van der Waals surface area contributed by atoms with Crippen molar-refractivity contribution in [3.05, 3.63) is 22.7 Å². The molecule has 0 amide bonds. The Labute approximate surface area is 120 Å². The van der Waals surface area contributed by atoms with Gasteiger partial charge in [0, 0.05) is 30.9 Å². The monoisotopic (exact) mass is 285 g/mol. The van der Waals surface area contributed by atoms with Crippen LogP contribution in [-0.2, 0) is 6.54 Å². The van der Waals surface area contributed by atoms with Gasteiger partial charge in [-0.05, 0) is 18.3 Å². The maximum atomic E-state index is 12.3. The molecule has 1 N–H and O–H groups in total. The lowest BCUT2D eigenvalue weighted by atomic mass is 10.0. The van der Waals surface area contributed by atoms with Gasteiger partial charge >= 0.3 is 0 Å². The fourth-order valence-corrected chi connectivity index (χ4v) is 2.18. The van der Waals surface area contributed by atoms with E-state index in [-0.39, 0.29) is 11.6 Å². The Hall–Kier alpha value is -1.03. The van der Waals surface area contributed by atoms with Crippen LogP contribution in [0.2, 0.25) is 0 Å². The highest BCUT2D eigenvalue weighted by molar-refractivity contribution is 6.17. The minimum atomic E-state index is -0.0589. The van der Waals surface area contributed by atoms with E-state index in [0.29, 0.717) is 30.1 Å². The molecule has 5 heteroatoms. The third kappa shape index (κ3) is 4.86. The Morgan fingerprint density at radius 1 is 1.37 bits per heavy atom. The van der Waals surface area contributed by atoms with Gasteiger partial charge in [-0.3, -0.25) is 4.79 Å². The van der Waals surface area contributed by atoms with Crippen molar-refractivity contribution in [2.45, 2.75) is 46.7 Å².